The highest BCUT2D eigenvalue weighted by molar-refractivity contribution is 6.33. The van der Waals surface area contributed by atoms with Crippen LogP contribution >= 0.6 is 11.6 Å². The maximum atomic E-state index is 12.0. The van der Waals surface area contributed by atoms with Crippen molar-refractivity contribution in [2.45, 2.75) is 13.3 Å². The van der Waals surface area contributed by atoms with Crippen LogP contribution in [0.5, 0.6) is 0 Å². The van der Waals surface area contributed by atoms with E-state index in [1.54, 1.807) is 12.1 Å². The van der Waals surface area contributed by atoms with E-state index in [0.717, 1.165) is 12.2 Å². The number of aromatic nitrogens is 4. The molecule has 3 aromatic rings. The summed E-state index contributed by atoms with van der Waals surface area (Å²) in [5, 5.41) is 2.72. The van der Waals surface area contributed by atoms with Crippen molar-refractivity contribution in [1.82, 2.24) is 19.9 Å². The number of carbonyl (C=O) groups excluding carboxylic acids is 1. The van der Waals surface area contributed by atoms with Gasteiger partial charge in [0.15, 0.2) is 16.6 Å². The smallest absolute Gasteiger partial charge is 0.293 e. The van der Waals surface area contributed by atoms with Gasteiger partial charge in [-0.05, 0) is 12.1 Å². The molecule has 20 heavy (non-hydrogen) atoms. The summed E-state index contributed by atoms with van der Waals surface area (Å²) in [6, 6.07) is 3.35. The molecule has 0 aromatic carbocycles. The lowest BCUT2D eigenvalue weighted by Crippen LogP contribution is -2.13. The average Bonchev–Trinajstić information content (AvgIpc) is 3.07. The number of anilines is 1. The molecule has 0 fully saturated rings. The van der Waals surface area contributed by atoms with Gasteiger partial charge in [0.2, 0.25) is 5.95 Å². The van der Waals surface area contributed by atoms with E-state index in [4.69, 9.17) is 16.0 Å². The first-order chi connectivity index (χ1) is 9.67. The Hall–Kier alpha value is -2.41. The predicted molar refractivity (Wildman–Crippen MR) is 72.7 cm³/mol. The topological polar surface area (TPSA) is 96.7 Å². The minimum absolute atomic E-state index is 0.0778. The average molecular weight is 292 g/mol. The molecule has 0 unspecified atom stereocenters. The maximum Gasteiger partial charge on any atom is 0.293 e. The van der Waals surface area contributed by atoms with Crippen LogP contribution in [0.4, 0.5) is 5.95 Å². The van der Waals surface area contributed by atoms with Crippen molar-refractivity contribution in [3.8, 4) is 0 Å². The van der Waals surface area contributed by atoms with E-state index in [0.29, 0.717) is 11.2 Å². The molecule has 0 atom stereocenters. The molecule has 0 aliphatic rings. The fraction of sp³-hybridized carbons (Fsp3) is 0.167. The largest absolute Gasteiger partial charge is 0.456 e. The molecule has 3 rings (SSSR count). The van der Waals surface area contributed by atoms with Crippen LogP contribution in [-0.2, 0) is 6.42 Å². The monoisotopic (exact) mass is 291 g/mol. The first kappa shape index (κ1) is 12.6. The number of nitrogens with one attached hydrogen (secondary N) is 2. The molecule has 0 radical (unpaired) electrons. The minimum atomic E-state index is -0.435. The van der Waals surface area contributed by atoms with Gasteiger partial charge in [-0.1, -0.05) is 18.5 Å². The maximum absolute atomic E-state index is 12.0. The molecule has 8 heteroatoms. The van der Waals surface area contributed by atoms with E-state index < -0.39 is 5.91 Å². The number of aryl methyl sites for hydroxylation is 1. The van der Waals surface area contributed by atoms with Crippen molar-refractivity contribution >= 4 is 34.6 Å². The van der Waals surface area contributed by atoms with Crippen molar-refractivity contribution in [2.24, 2.45) is 0 Å². The number of H-pyrrole nitrogens is 1. The van der Waals surface area contributed by atoms with E-state index in [1.165, 1.54) is 6.33 Å². The van der Waals surface area contributed by atoms with Gasteiger partial charge in [-0.2, -0.15) is 9.97 Å². The highest BCUT2D eigenvalue weighted by Crippen LogP contribution is 2.18. The Balaban J connectivity index is 1.86. The zero-order chi connectivity index (χ0) is 14.1. The molecule has 7 nitrogen and oxygen atoms in total. The van der Waals surface area contributed by atoms with E-state index in [1.807, 2.05) is 6.92 Å². The summed E-state index contributed by atoms with van der Waals surface area (Å²) in [7, 11) is 0. The number of furan rings is 1. The van der Waals surface area contributed by atoms with Gasteiger partial charge in [-0.3, -0.25) is 10.1 Å². The Morgan fingerprint density at radius 1 is 1.45 bits per heavy atom. The van der Waals surface area contributed by atoms with Crippen molar-refractivity contribution in [1.29, 1.82) is 0 Å². The first-order valence-electron chi connectivity index (χ1n) is 5.94. The number of amides is 1. The third kappa shape index (κ3) is 2.23. The third-order valence-electron chi connectivity index (χ3n) is 2.70. The molecule has 0 spiro atoms. The number of nitrogens with zero attached hydrogens (tertiary/aromatic N) is 3. The molecule has 3 aromatic heterocycles. The van der Waals surface area contributed by atoms with E-state index >= 15 is 0 Å². The Kier molecular flexibility index (Phi) is 3.11. The van der Waals surface area contributed by atoms with E-state index in [2.05, 4.69) is 25.3 Å². The summed E-state index contributed by atoms with van der Waals surface area (Å²) in [5.41, 5.74) is 0.907. The fourth-order valence-corrected chi connectivity index (χ4v) is 1.93. The van der Waals surface area contributed by atoms with Crippen molar-refractivity contribution in [3.63, 3.8) is 0 Å². The minimum Gasteiger partial charge on any atom is -0.456 e. The lowest BCUT2D eigenvalue weighted by molar-refractivity contribution is 0.0994. The molecule has 0 saturated carbocycles. The van der Waals surface area contributed by atoms with Crippen molar-refractivity contribution in [2.75, 3.05) is 5.32 Å². The highest BCUT2D eigenvalue weighted by Gasteiger charge is 2.14. The Bertz CT molecular complexity index is 779. The van der Waals surface area contributed by atoms with Crippen LogP contribution in [0, 0.1) is 0 Å². The third-order valence-corrected chi connectivity index (χ3v) is 2.97. The molecular formula is C12H10ClN5O2. The molecule has 0 aliphatic heterocycles. The van der Waals surface area contributed by atoms with Crippen LogP contribution in [0.3, 0.4) is 0 Å². The number of carbonyl (C=O) groups is 1. The van der Waals surface area contributed by atoms with Gasteiger partial charge in [0.05, 0.1) is 6.33 Å². The first-order valence-corrected chi connectivity index (χ1v) is 6.32. The van der Waals surface area contributed by atoms with Crippen LogP contribution < -0.4 is 5.32 Å². The van der Waals surface area contributed by atoms with Crippen molar-refractivity contribution < 1.29 is 9.21 Å². The number of hydrogen-bond acceptors (Lipinski definition) is 5. The van der Waals surface area contributed by atoms with Crippen LogP contribution in [0.25, 0.3) is 11.2 Å². The van der Waals surface area contributed by atoms with Gasteiger partial charge >= 0.3 is 0 Å². The number of aromatic amines is 1. The zero-order valence-electron chi connectivity index (χ0n) is 10.5. The van der Waals surface area contributed by atoms with E-state index in [-0.39, 0.29) is 16.9 Å². The second kappa shape index (κ2) is 4.93. The normalized spacial score (nSPS) is 10.9. The highest BCUT2D eigenvalue weighted by atomic mass is 35.5. The lowest BCUT2D eigenvalue weighted by atomic mass is 10.3. The molecule has 0 saturated heterocycles. The predicted octanol–water partition coefficient (Wildman–Crippen LogP) is 2.41. The van der Waals surface area contributed by atoms with Gasteiger partial charge in [-0.25, -0.2) is 4.98 Å². The van der Waals surface area contributed by atoms with Crippen LogP contribution in [0.1, 0.15) is 23.2 Å². The number of rotatable bonds is 3. The Morgan fingerprint density at radius 2 is 2.30 bits per heavy atom. The molecule has 0 aliphatic carbocycles. The Labute approximate surface area is 118 Å². The molecule has 1 amide bonds. The van der Waals surface area contributed by atoms with Gasteiger partial charge in [0, 0.05) is 6.42 Å². The summed E-state index contributed by atoms with van der Waals surface area (Å²) in [5.74, 6) is 0.574. The quantitative estimate of drug-likeness (QED) is 0.722. The van der Waals surface area contributed by atoms with Gasteiger partial charge in [0.25, 0.3) is 5.91 Å². The summed E-state index contributed by atoms with van der Waals surface area (Å²) in [4.78, 5) is 26.8. The SMILES string of the molecule is CCc1ccc(C(=O)Nc2nc(Cl)c3[nH]cnc3n2)o1. The second-order valence-electron chi connectivity index (χ2n) is 4.01. The van der Waals surface area contributed by atoms with Gasteiger partial charge in [-0.15, -0.1) is 0 Å². The summed E-state index contributed by atoms with van der Waals surface area (Å²) in [6.45, 7) is 1.94. The number of fused-ring (bicyclic) bond motifs is 1. The van der Waals surface area contributed by atoms with Crippen LogP contribution in [-0.4, -0.2) is 25.8 Å². The summed E-state index contributed by atoms with van der Waals surface area (Å²) in [6.07, 6.45) is 2.17. The molecular weight excluding hydrogens is 282 g/mol. The number of imidazole rings is 1. The summed E-state index contributed by atoms with van der Waals surface area (Å²) >= 11 is 5.96. The molecule has 2 N–H and O–H groups in total. The Morgan fingerprint density at radius 3 is 3.05 bits per heavy atom. The van der Waals surface area contributed by atoms with Crippen LogP contribution in [0.2, 0.25) is 5.15 Å². The van der Waals surface area contributed by atoms with Gasteiger partial charge < -0.3 is 9.40 Å². The van der Waals surface area contributed by atoms with Gasteiger partial charge in [0.1, 0.15) is 11.3 Å². The number of halogens is 1. The number of hydrogen-bond donors (Lipinski definition) is 2. The lowest BCUT2D eigenvalue weighted by Gasteiger charge is -2.02. The molecule has 3 heterocycles. The zero-order valence-corrected chi connectivity index (χ0v) is 11.2. The molecule has 102 valence electrons. The van der Waals surface area contributed by atoms with Crippen LogP contribution in [0.15, 0.2) is 22.9 Å². The standard InChI is InChI=1S/C12H10ClN5O2/c1-2-6-3-4-7(20-6)11(19)18-12-16-9(13)8-10(17-12)15-5-14-8/h3-5H,2H2,1H3,(H2,14,15,16,17,18,19). The van der Waals surface area contributed by atoms with Crippen molar-refractivity contribution in [3.05, 3.63) is 35.1 Å². The van der Waals surface area contributed by atoms with E-state index in [9.17, 15) is 4.79 Å². The second-order valence-corrected chi connectivity index (χ2v) is 4.37. The molecule has 0 bridgehead atoms. The fourth-order valence-electron chi connectivity index (χ4n) is 1.71. The summed E-state index contributed by atoms with van der Waals surface area (Å²) < 4.78 is 5.35.